The molecule has 3 N–H and O–H groups in total. The largest absolute Gasteiger partial charge is 0.388 e. The number of thiophene rings is 1. The van der Waals surface area contributed by atoms with E-state index in [1.807, 2.05) is 6.07 Å². The van der Waals surface area contributed by atoms with Crippen LogP contribution in [0.5, 0.6) is 0 Å². The number of hydrogen-bond donors (Lipinski definition) is 2. The van der Waals surface area contributed by atoms with E-state index < -0.39 is 6.10 Å². The molecule has 0 saturated carbocycles. The van der Waals surface area contributed by atoms with Crippen LogP contribution < -0.4 is 5.73 Å². The van der Waals surface area contributed by atoms with E-state index in [1.54, 1.807) is 11.3 Å². The highest BCUT2D eigenvalue weighted by Gasteiger charge is 2.23. The van der Waals surface area contributed by atoms with E-state index in [9.17, 15) is 5.11 Å². The van der Waals surface area contributed by atoms with E-state index >= 15 is 0 Å². The fourth-order valence-electron chi connectivity index (χ4n) is 1.77. The normalized spacial score (nSPS) is 15.4. The van der Waals surface area contributed by atoms with Gasteiger partial charge in [-0.2, -0.15) is 0 Å². The summed E-state index contributed by atoms with van der Waals surface area (Å²) in [6.07, 6.45) is 0.460. The SMILES string of the molecule is CC(C)CC(CN)C(O)c1cc(Br)sc1Br. The molecule has 0 aliphatic carbocycles. The Labute approximate surface area is 117 Å². The van der Waals surface area contributed by atoms with Crippen LogP contribution in [0, 0.1) is 11.8 Å². The molecule has 0 aliphatic heterocycles. The minimum Gasteiger partial charge on any atom is -0.388 e. The van der Waals surface area contributed by atoms with Crippen LogP contribution in [0.4, 0.5) is 0 Å². The molecule has 1 rings (SSSR count). The van der Waals surface area contributed by atoms with E-state index in [0.29, 0.717) is 12.5 Å². The molecule has 2 atom stereocenters. The van der Waals surface area contributed by atoms with Gasteiger partial charge in [0.25, 0.3) is 0 Å². The first-order valence-electron chi connectivity index (χ1n) is 5.28. The Morgan fingerprint density at radius 3 is 2.44 bits per heavy atom. The molecule has 0 radical (unpaired) electrons. The second kappa shape index (κ2) is 6.50. The smallest absolute Gasteiger partial charge is 0.0849 e. The molecule has 2 unspecified atom stereocenters. The summed E-state index contributed by atoms with van der Waals surface area (Å²) in [5, 5.41) is 10.3. The van der Waals surface area contributed by atoms with Crippen molar-refractivity contribution in [3.05, 3.63) is 19.2 Å². The summed E-state index contributed by atoms with van der Waals surface area (Å²) in [6, 6.07) is 1.96. The van der Waals surface area contributed by atoms with Crippen molar-refractivity contribution in [3.63, 3.8) is 0 Å². The zero-order valence-corrected chi connectivity index (χ0v) is 13.4. The maximum absolute atomic E-state index is 10.3. The molecular formula is C11H17Br2NOS. The molecule has 1 aromatic rings. The van der Waals surface area contributed by atoms with Crippen molar-refractivity contribution in [2.24, 2.45) is 17.6 Å². The van der Waals surface area contributed by atoms with Crippen molar-refractivity contribution >= 4 is 43.2 Å². The predicted molar refractivity (Wildman–Crippen MR) is 76.7 cm³/mol. The van der Waals surface area contributed by atoms with Gasteiger partial charge in [-0.1, -0.05) is 13.8 Å². The fourth-order valence-corrected chi connectivity index (χ4v) is 4.68. The molecule has 2 nitrogen and oxygen atoms in total. The summed E-state index contributed by atoms with van der Waals surface area (Å²) >= 11 is 8.47. The van der Waals surface area contributed by atoms with Crippen LogP contribution in [0.3, 0.4) is 0 Å². The minimum absolute atomic E-state index is 0.123. The second-order valence-corrected chi connectivity index (χ2v) is 8.10. The molecule has 0 amide bonds. The average molecular weight is 371 g/mol. The lowest BCUT2D eigenvalue weighted by Crippen LogP contribution is -2.23. The first-order valence-corrected chi connectivity index (χ1v) is 7.68. The zero-order chi connectivity index (χ0) is 12.3. The third-order valence-corrected chi connectivity index (χ3v) is 4.91. The number of halogens is 2. The van der Waals surface area contributed by atoms with Crippen molar-refractivity contribution in [1.82, 2.24) is 0 Å². The summed E-state index contributed by atoms with van der Waals surface area (Å²) in [5.74, 6) is 0.668. The monoisotopic (exact) mass is 369 g/mol. The molecule has 92 valence electrons. The fraction of sp³-hybridized carbons (Fsp3) is 0.636. The molecule has 0 aliphatic rings. The van der Waals surface area contributed by atoms with Crippen molar-refractivity contribution in [2.45, 2.75) is 26.4 Å². The van der Waals surface area contributed by atoms with Crippen molar-refractivity contribution in [2.75, 3.05) is 6.54 Å². The van der Waals surface area contributed by atoms with Crippen LogP contribution in [0.2, 0.25) is 0 Å². The minimum atomic E-state index is -0.482. The lowest BCUT2D eigenvalue weighted by molar-refractivity contribution is 0.0993. The molecule has 0 fully saturated rings. The van der Waals surface area contributed by atoms with Crippen LogP contribution in [-0.2, 0) is 0 Å². The van der Waals surface area contributed by atoms with Crippen LogP contribution >= 0.6 is 43.2 Å². The Morgan fingerprint density at radius 1 is 1.44 bits per heavy atom. The van der Waals surface area contributed by atoms with E-state index in [0.717, 1.165) is 19.6 Å². The highest BCUT2D eigenvalue weighted by atomic mass is 79.9. The van der Waals surface area contributed by atoms with Crippen molar-refractivity contribution in [3.8, 4) is 0 Å². The number of aliphatic hydroxyl groups excluding tert-OH is 1. The van der Waals surface area contributed by atoms with Gasteiger partial charge in [-0.05, 0) is 56.8 Å². The third kappa shape index (κ3) is 3.81. The summed E-state index contributed by atoms with van der Waals surface area (Å²) in [6.45, 7) is 4.81. The number of rotatable bonds is 5. The van der Waals surface area contributed by atoms with E-state index in [1.165, 1.54) is 0 Å². The van der Waals surface area contributed by atoms with Gasteiger partial charge in [-0.15, -0.1) is 11.3 Å². The lowest BCUT2D eigenvalue weighted by Gasteiger charge is -2.23. The van der Waals surface area contributed by atoms with Gasteiger partial charge in [0, 0.05) is 11.5 Å². The molecule has 5 heteroatoms. The van der Waals surface area contributed by atoms with E-state index in [2.05, 4.69) is 45.7 Å². The van der Waals surface area contributed by atoms with Gasteiger partial charge < -0.3 is 10.8 Å². The highest BCUT2D eigenvalue weighted by Crippen LogP contribution is 2.39. The van der Waals surface area contributed by atoms with Gasteiger partial charge >= 0.3 is 0 Å². The van der Waals surface area contributed by atoms with Gasteiger partial charge in [0.05, 0.1) is 13.7 Å². The van der Waals surface area contributed by atoms with Crippen molar-refractivity contribution < 1.29 is 5.11 Å². The van der Waals surface area contributed by atoms with Crippen LogP contribution in [0.25, 0.3) is 0 Å². The van der Waals surface area contributed by atoms with E-state index in [4.69, 9.17) is 5.73 Å². The van der Waals surface area contributed by atoms with Gasteiger partial charge in [-0.3, -0.25) is 0 Å². The molecule has 0 saturated heterocycles. The number of hydrogen-bond acceptors (Lipinski definition) is 3. The lowest BCUT2D eigenvalue weighted by atomic mass is 9.89. The predicted octanol–water partition coefficient (Wildman–Crippen LogP) is 3.93. The maximum atomic E-state index is 10.3. The Kier molecular flexibility index (Phi) is 5.94. The molecule has 0 spiro atoms. The molecule has 0 aromatic carbocycles. The molecule has 16 heavy (non-hydrogen) atoms. The number of aliphatic hydroxyl groups is 1. The highest BCUT2D eigenvalue weighted by molar-refractivity contribution is 9.12. The Balaban J connectivity index is 2.82. The molecule has 0 bridgehead atoms. The van der Waals surface area contributed by atoms with Crippen LogP contribution in [-0.4, -0.2) is 11.7 Å². The molecule has 1 aromatic heterocycles. The standard InChI is InChI=1S/C11H17Br2NOS/c1-6(2)3-7(5-14)10(15)8-4-9(12)16-11(8)13/h4,6-7,10,15H,3,5,14H2,1-2H3. The first-order chi connectivity index (χ1) is 7.45. The third-order valence-electron chi connectivity index (χ3n) is 2.53. The summed E-state index contributed by atoms with van der Waals surface area (Å²) in [7, 11) is 0. The maximum Gasteiger partial charge on any atom is 0.0849 e. The molecular weight excluding hydrogens is 354 g/mol. The average Bonchev–Trinajstić information content (AvgIpc) is 2.53. The van der Waals surface area contributed by atoms with Gasteiger partial charge in [0.2, 0.25) is 0 Å². The second-order valence-electron chi connectivity index (χ2n) is 4.35. The summed E-state index contributed by atoms with van der Waals surface area (Å²) in [5.41, 5.74) is 6.67. The zero-order valence-electron chi connectivity index (χ0n) is 9.41. The first kappa shape index (κ1) is 14.6. The van der Waals surface area contributed by atoms with Gasteiger partial charge in [-0.25, -0.2) is 0 Å². The van der Waals surface area contributed by atoms with Crippen molar-refractivity contribution in [1.29, 1.82) is 0 Å². The van der Waals surface area contributed by atoms with Gasteiger partial charge in [0.1, 0.15) is 0 Å². The van der Waals surface area contributed by atoms with Crippen LogP contribution in [0.15, 0.2) is 13.6 Å². The summed E-state index contributed by atoms with van der Waals surface area (Å²) in [4.78, 5) is 0. The summed E-state index contributed by atoms with van der Waals surface area (Å²) < 4.78 is 2.00. The Bertz CT molecular complexity index is 341. The number of nitrogens with two attached hydrogens (primary N) is 1. The Hall–Kier alpha value is 0.580. The quantitative estimate of drug-likeness (QED) is 0.824. The topological polar surface area (TPSA) is 46.2 Å². The molecule has 1 heterocycles. The van der Waals surface area contributed by atoms with Crippen LogP contribution in [0.1, 0.15) is 31.9 Å². The Morgan fingerprint density at radius 2 is 2.06 bits per heavy atom. The van der Waals surface area contributed by atoms with E-state index in [-0.39, 0.29) is 5.92 Å². The van der Waals surface area contributed by atoms with Gasteiger partial charge in [0.15, 0.2) is 0 Å².